The van der Waals surface area contributed by atoms with Gasteiger partial charge in [0.2, 0.25) is 0 Å². The SMILES string of the molecule is OC[C@H]1C[C@H](c2ccccc2)[C@@H]1CO. The van der Waals surface area contributed by atoms with Gasteiger partial charge < -0.3 is 10.2 Å². The van der Waals surface area contributed by atoms with Crippen LogP contribution in [0.15, 0.2) is 30.3 Å². The molecular formula is C12H16O2. The standard InChI is InChI=1S/C12H16O2/c13-7-10-6-11(12(10)8-14)9-4-2-1-3-5-9/h1-5,10-14H,6-8H2/t10-,11-,12-/m1/s1. The summed E-state index contributed by atoms with van der Waals surface area (Å²) >= 11 is 0. The molecule has 0 unspecified atom stereocenters. The van der Waals surface area contributed by atoms with Crippen molar-refractivity contribution in [2.24, 2.45) is 11.8 Å². The summed E-state index contributed by atoms with van der Waals surface area (Å²) in [4.78, 5) is 0. The summed E-state index contributed by atoms with van der Waals surface area (Å²) in [5.41, 5.74) is 1.29. The third-order valence-corrected chi connectivity index (χ3v) is 3.35. The van der Waals surface area contributed by atoms with Crippen LogP contribution in [-0.2, 0) is 0 Å². The summed E-state index contributed by atoms with van der Waals surface area (Å²) < 4.78 is 0. The van der Waals surface area contributed by atoms with E-state index in [0.29, 0.717) is 11.8 Å². The first-order chi connectivity index (χ1) is 6.86. The molecule has 2 nitrogen and oxygen atoms in total. The molecule has 0 aliphatic heterocycles. The van der Waals surface area contributed by atoms with Crippen molar-refractivity contribution < 1.29 is 10.2 Å². The Morgan fingerprint density at radius 2 is 1.79 bits per heavy atom. The molecule has 2 heteroatoms. The van der Waals surface area contributed by atoms with E-state index in [-0.39, 0.29) is 19.1 Å². The fourth-order valence-electron chi connectivity index (χ4n) is 2.38. The second-order valence-corrected chi connectivity index (χ2v) is 4.04. The molecule has 0 saturated heterocycles. The van der Waals surface area contributed by atoms with Gasteiger partial charge in [-0.3, -0.25) is 0 Å². The molecule has 2 N–H and O–H groups in total. The number of rotatable bonds is 3. The minimum absolute atomic E-state index is 0.185. The molecule has 0 spiro atoms. The average molecular weight is 192 g/mol. The van der Waals surface area contributed by atoms with E-state index in [1.54, 1.807) is 0 Å². The van der Waals surface area contributed by atoms with Gasteiger partial charge in [-0.25, -0.2) is 0 Å². The number of benzene rings is 1. The molecule has 1 aliphatic carbocycles. The van der Waals surface area contributed by atoms with Crippen LogP contribution in [0, 0.1) is 11.8 Å². The highest BCUT2D eigenvalue weighted by Crippen LogP contribution is 2.46. The third kappa shape index (κ3) is 1.56. The summed E-state index contributed by atoms with van der Waals surface area (Å²) in [5.74, 6) is 0.992. The van der Waals surface area contributed by atoms with Gasteiger partial charge in [-0.05, 0) is 29.7 Å². The van der Waals surface area contributed by atoms with E-state index in [4.69, 9.17) is 5.11 Å². The summed E-state index contributed by atoms with van der Waals surface area (Å²) in [7, 11) is 0. The van der Waals surface area contributed by atoms with Crippen LogP contribution in [0.1, 0.15) is 17.9 Å². The molecular weight excluding hydrogens is 176 g/mol. The lowest BCUT2D eigenvalue weighted by atomic mass is 9.63. The van der Waals surface area contributed by atoms with Crippen molar-refractivity contribution in [1.82, 2.24) is 0 Å². The highest BCUT2D eigenvalue weighted by atomic mass is 16.3. The fraction of sp³-hybridized carbons (Fsp3) is 0.500. The maximum absolute atomic E-state index is 9.21. The first kappa shape index (κ1) is 9.69. The lowest BCUT2D eigenvalue weighted by molar-refractivity contribution is 0.0221. The van der Waals surface area contributed by atoms with Crippen molar-refractivity contribution >= 4 is 0 Å². The van der Waals surface area contributed by atoms with E-state index in [0.717, 1.165) is 6.42 Å². The van der Waals surface area contributed by atoms with Gasteiger partial charge in [0.15, 0.2) is 0 Å². The molecule has 1 aromatic carbocycles. The Morgan fingerprint density at radius 1 is 1.07 bits per heavy atom. The minimum atomic E-state index is 0.185. The molecule has 76 valence electrons. The molecule has 1 saturated carbocycles. The Bertz CT molecular complexity index is 284. The lowest BCUT2D eigenvalue weighted by Crippen LogP contribution is -2.39. The van der Waals surface area contributed by atoms with Gasteiger partial charge in [0.05, 0.1) is 0 Å². The van der Waals surface area contributed by atoms with Crippen LogP contribution in [0.5, 0.6) is 0 Å². The van der Waals surface area contributed by atoms with Gasteiger partial charge in [-0.2, -0.15) is 0 Å². The van der Waals surface area contributed by atoms with Crippen molar-refractivity contribution in [3.63, 3.8) is 0 Å². The van der Waals surface area contributed by atoms with Crippen LogP contribution in [0.3, 0.4) is 0 Å². The molecule has 3 atom stereocenters. The number of hydrogen-bond acceptors (Lipinski definition) is 2. The second-order valence-electron chi connectivity index (χ2n) is 4.04. The zero-order chi connectivity index (χ0) is 9.97. The summed E-state index contributed by atoms with van der Waals surface area (Å²) in [6.07, 6.45) is 1.01. The third-order valence-electron chi connectivity index (χ3n) is 3.35. The normalized spacial score (nSPS) is 31.1. The Balaban J connectivity index is 2.08. The van der Waals surface area contributed by atoms with Crippen LogP contribution in [0.25, 0.3) is 0 Å². The number of aliphatic hydroxyl groups is 2. The predicted molar refractivity (Wildman–Crippen MR) is 55.0 cm³/mol. The highest BCUT2D eigenvalue weighted by Gasteiger charge is 2.40. The van der Waals surface area contributed by atoms with Gasteiger partial charge in [-0.1, -0.05) is 30.3 Å². The smallest absolute Gasteiger partial charge is 0.0468 e. The molecule has 1 fully saturated rings. The highest BCUT2D eigenvalue weighted by molar-refractivity contribution is 5.23. The zero-order valence-electron chi connectivity index (χ0n) is 8.13. The summed E-state index contributed by atoms with van der Waals surface area (Å²) in [6, 6.07) is 10.2. The van der Waals surface area contributed by atoms with Crippen molar-refractivity contribution in [3.05, 3.63) is 35.9 Å². The Hall–Kier alpha value is -0.860. The van der Waals surface area contributed by atoms with E-state index in [2.05, 4.69) is 12.1 Å². The molecule has 0 heterocycles. The van der Waals surface area contributed by atoms with Gasteiger partial charge in [0.1, 0.15) is 0 Å². The van der Waals surface area contributed by atoms with Gasteiger partial charge >= 0.3 is 0 Å². The van der Waals surface area contributed by atoms with Crippen molar-refractivity contribution in [1.29, 1.82) is 0 Å². The molecule has 0 aromatic heterocycles. The van der Waals surface area contributed by atoms with E-state index >= 15 is 0 Å². The van der Waals surface area contributed by atoms with Crippen molar-refractivity contribution in [2.75, 3.05) is 13.2 Å². The monoisotopic (exact) mass is 192 g/mol. The van der Waals surface area contributed by atoms with E-state index in [9.17, 15) is 5.11 Å². The van der Waals surface area contributed by atoms with E-state index in [1.165, 1.54) is 5.56 Å². The summed E-state index contributed by atoms with van der Waals surface area (Å²) in [5, 5.41) is 18.2. The van der Waals surface area contributed by atoms with Crippen LogP contribution in [0.2, 0.25) is 0 Å². The van der Waals surface area contributed by atoms with Crippen molar-refractivity contribution in [3.8, 4) is 0 Å². The quantitative estimate of drug-likeness (QED) is 0.759. The van der Waals surface area contributed by atoms with E-state index in [1.807, 2.05) is 18.2 Å². The largest absolute Gasteiger partial charge is 0.396 e. The fourth-order valence-corrected chi connectivity index (χ4v) is 2.38. The maximum Gasteiger partial charge on any atom is 0.0468 e. The Labute approximate surface area is 84.2 Å². The second kappa shape index (κ2) is 4.11. The summed E-state index contributed by atoms with van der Waals surface area (Å²) in [6.45, 7) is 0.388. The first-order valence-electron chi connectivity index (χ1n) is 5.13. The molecule has 0 radical (unpaired) electrons. The Kier molecular flexibility index (Phi) is 2.85. The van der Waals surface area contributed by atoms with Crippen LogP contribution < -0.4 is 0 Å². The lowest BCUT2D eigenvalue weighted by Gasteiger charge is -2.43. The van der Waals surface area contributed by atoms with Crippen LogP contribution >= 0.6 is 0 Å². The number of hydrogen-bond donors (Lipinski definition) is 2. The van der Waals surface area contributed by atoms with Gasteiger partial charge in [0.25, 0.3) is 0 Å². The molecule has 0 amide bonds. The van der Waals surface area contributed by atoms with Crippen LogP contribution in [0.4, 0.5) is 0 Å². The molecule has 0 bridgehead atoms. The molecule has 2 rings (SSSR count). The maximum atomic E-state index is 9.21. The van der Waals surface area contributed by atoms with E-state index < -0.39 is 0 Å². The average Bonchev–Trinajstić information content (AvgIpc) is 2.19. The molecule has 1 aromatic rings. The minimum Gasteiger partial charge on any atom is -0.396 e. The first-order valence-corrected chi connectivity index (χ1v) is 5.13. The van der Waals surface area contributed by atoms with Crippen LogP contribution in [-0.4, -0.2) is 23.4 Å². The van der Waals surface area contributed by atoms with Gasteiger partial charge in [-0.15, -0.1) is 0 Å². The molecule has 14 heavy (non-hydrogen) atoms. The Morgan fingerprint density at radius 3 is 2.36 bits per heavy atom. The predicted octanol–water partition coefficient (Wildman–Crippen LogP) is 1.39. The zero-order valence-corrected chi connectivity index (χ0v) is 8.13. The van der Waals surface area contributed by atoms with Gasteiger partial charge in [0, 0.05) is 13.2 Å². The molecule has 1 aliphatic rings. The van der Waals surface area contributed by atoms with Crippen molar-refractivity contribution in [2.45, 2.75) is 12.3 Å². The number of aliphatic hydroxyl groups excluding tert-OH is 2. The topological polar surface area (TPSA) is 40.5 Å².